The van der Waals surface area contributed by atoms with Gasteiger partial charge in [0.1, 0.15) is 0 Å². The molecule has 0 amide bonds. The maximum atomic E-state index is 11.4. The molecule has 0 bridgehead atoms. The van der Waals surface area contributed by atoms with E-state index in [0.717, 1.165) is 23.0 Å². The van der Waals surface area contributed by atoms with Gasteiger partial charge >= 0.3 is 5.97 Å². The van der Waals surface area contributed by atoms with Crippen LogP contribution in [-0.2, 0) is 11.3 Å². The second kappa shape index (κ2) is 8.33. The van der Waals surface area contributed by atoms with Crippen LogP contribution in [0.4, 0.5) is 0 Å². The molecule has 0 saturated heterocycles. The highest BCUT2D eigenvalue weighted by molar-refractivity contribution is 9.10. The summed E-state index contributed by atoms with van der Waals surface area (Å²) in [6, 6.07) is 6.12. The maximum Gasteiger partial charge on any atom is 0.337 e. The van der Waals surface area contributed by atoms with Crippen LogP contribution >= 0.6 is 15.9 Å². The lowest BCUT2D eigenvalue weighted by Gasteiger charge is -2.16. The first-order valence-electron chi connectivity index (χ1n) is 6.72. The van der Waals surface area contributed by atoms with Gasteiger partial charge in [-0.15, -0.1) is 0 Å². The molecule has 4 heteroatoms. The van der Waals surface area contributed by atoms with Gasteiger partial charge in [0, 0.05) is 17.1 Å². The second-order valence-electron chi connectivity index (χ2n) is 4.57. The fourth-order valence-corrected chi connectivity index (χ4v) is 2.51. The lowest BCUT2D eigenvalue weighted by atomic mass is 10.1. The Kier molecular flexibility index (Phi) is 7.10. The van der Waals surface area contributed by atoms with Gasteiger partial charge in [-0.05, 0) is 30.5 Å². The molecular weight excluding hydrogens is 306 g/mol. The monoisotopic (exact) mass is 327 g/mol. The Labute approximate surface area is 123 Å². The fourth-order valence-electron chi connectivity index (χ4n) is 1.99. The molecule has 0 radical (unpaired) electrons. The summed E-state index contributed by atoms with van der Waals surface area (Å²) in [4.78, 5) is 11.4. The largest absolute Gasteiger partial charge is 0.465 e. The van der Waals surface area contributed by atoms with E-state index < -0.39 is 0 Å². The molecular formula is C15H22BrNO2. The summed E-state index contributed by atoms with van der Waals surface area (Å²) in [6.07, 6.45) is 3.51. The number of benzene rings is 1. The lowest BCUT2D eigenvalue weighted by molar-refractivity contribution is 0.0600. The van der Waals surface area contributed by atoms with Crippen molar-refractivity contribution in [2.75, 3.05) is 7.11 Å². The lowest BCUT2D eigenvalue weighted by Crippen LogP contribution is -2.27. The quantitative estimate of drug-likeness (QED) is 0.772. The van der Waals surface area contributed by atoms with Crippen molar-refractivity contribution in [3.63, 3.8) is 0 Å². The summed E-state index contributed by atoms with van der Waals surface area (Å²) < 4.78 is 5.64. The summed E-state index contributed by atoms with van der Waals surface area (Å²) in [6.45, 7) is 5.20. The Hall–Kier alpha value is -0.870. The number of hydrogen-bond acceptors (Lipinski definition) is 3. The third-order valence-corrected chi connectivity index (χ3v) is 3.92. The summed E-state index contributed by atoms with van der Waals surface area (Å²) in [5.74, 6) is -0.308. The summed E-state index contributed by atoms with van der Waals surface area (Å²) >= 11 is 3.51. The van der Waals surface area contributed by atoms with Crippen LogP contribution in [0.5, 0.6) is 0 Å². The minimum absolute atomic E-state index is 0.308. The normalized spacial score (nSPS) is 12.2. The van der Waals surface area contributed by atoms with Crippen LogP contribution in [0.2, 0.25) is 0 Å². The number of esters is 1. The van der Waals surface area contributed by atoms with Crippen molar-refractivity contribution in [3.8, 4) is 0 Å². The Morgan fingerprint density at radius 3 is 2.68 bits per heavy atom. The average molecular weight is 328 g/mol. The Morgan fingerprint density at radius 2 is 2.16 bits per heavy atom. The highest BCUT2D eigenvalue weighted by Crippen LogP contribution is 2.19. The molecule has 0 aliphatic carbocycles. The molecule has 0 aliphatic rings. The molecule has 1 aromatic carbocycles. The number of halogens is 1. The highest BCUT2D eigenvalue weighted by atomic mass is 79.9. The number of nitrogens with one attached hydrogen (secondary N) is 1. The molecule has 1 unspecified atom stereocenters. The third kappa shape index (κ3) is 4.96. The van der Waals surface area contributed by atoms with Crippen LogP contribution in [0.15, 0.2) is 22.7 Å². The number of carbonyl (C=O) groups excluding carboxylic acids is 1. The molecule has 3 nitrogen and oxygen atoms in total. The van der Waals surface area contributed by atoms with E-state index in [1.165, 1.54) is 20.0 Å². The van der Waals surface area contributed by atoms with E-state index >= 15 is 0 Å². The molecule has 19 heavy (non-hydrogen) atoms. The van der Waals surface area contributed by atoms with E-state index in [1.54, 1.807) is 6.07 Å². The predicted octanol–water partition coefficient (Wildman–Crippen LogP) is 3.90. The van der Waals surface area contributed by atoms with Gasteiger partial charge in [-0.1, -0.05) is 42.3 Å². The molecule has 0 aromatic heterocycles. The van der Waals surface area contributed by atoms with Crippen LogP contribution in [-0.4, -0.2) is 19.1 Å². The third-order valence-electron chi connectivity index (χ3n) is 3.19. The van der Waals surface area contributed by atoms with Crippen LogP contribution in [0, 0.1) is 0 Å². The van der Waals surface area contributed by atoms with Gasteiger partial charge in [0.25, 0.3) is 0 Å². The van der Waals surface area contributed by atoms with Crippen molar-refractivity contribution in [1.82, 2.24) is 5.32 Å². The first-order valence-corrected chi connectivity index (χ1v) is 7.51. The molecule has 1 aromatic rings. The van der Waals surface area contributed by atoms with Gasteiger partial charge in [-0.2, -0.15) is 0 Å². The molecule has 1 N–H and O–H groups in total. The number of methoxy groups -OCH3 is 1. The van der Waals surface area contributed by atoms with Gasteiger partial charge in [0.2, 0.25) is 0 Å². The molecule has 0 saturated carbocycles. The minimum Gasteiger partial charge on any atom is -0.465 e. The van der Waals surface area contributed by atoms with Crippen molar-refractivity contribution in [3.05, 3.63) is 33.8 Å². The minimum atomic E-state index is -0.308. The van der Waals surface area contributed by atoms with Crippen LogP contribution in [0.1, 0.15) is 49.0 Å². The van der Waals surface area contributed by atoms with Crippen LogP contribution in [0.25, 0.3) is 0 Å². The molecule has 106 valence electrons. The zero-order valence-electron chi connectivity index (χ0n) is 11.8. The average Bonchev–Trinajstić information content (AvgIpc) is 2.43. The fraction of sp³-hybridized carbons (Fsp3) is 0.533. The predicted molar refractivity (Wildman–Crippen MR) is 81.3 cm³/mol. The van der Waals surface area contributed by atoms with Gasteiger partial charge in [0.15, 0.2) is 0 Å². The number of rotatable bonds is 7. The summed E-state index contributed by atoms with van der Waals surface area (Å²) in [5, 5.41) is 3.54. The number of hydrogen-bond donors (Lipinski definition) is 1. The summed E-state index contributed by atoms with van der Waals surface area (Å²) in [5.41, 5.74) is 1.72. The molecule has 0 spiro atoms. The molecule has 0 aliphatic heterocycles. The Morgan fingerprint density at radius 1 is 1.42 bits per heavy atom. The topological polar surface area (TPSA) is 38.3 Å². The number of ether oxygens (including phenoxy) is 1. The maximum absolute atomic E-state index is 11.4. The van der Waals surface area contributed by atoms with Crippen molar-refractivity contribution in [1.29, 1.82) is 0 Å². The van der Waals surface area contributed by atoms with Crippen LogP contribution < -0.4 is 5.32 Å². The van der Waals surface area contributed by atoms with Crippen LogP contribution in [0.3, 0.4) is 0 Å². The number of carbonyl (C=O) groups is 1. The van der Waals surface area contributed by atoms with E-state index in [4.69, 9.17) is 4.74 Å². The molecule has 0 fully saturated rings. The second-order valence-corrected chi connectivity index (χ2v) is 5.43. The molecule has 1 rings (SSSR count). The Balaban J connectivity index is 2.67. The van der Waals surface area contributed by atoms with Crippen molar-refractivity contribution < 1.29 is 9.53 Å². The van der Waals surface area contributed by atoms with Crippen molar-refractivity contribution in [2.24, 2.45) is 0 Å². The molecule has 1 atom stereocenters. The zero-order chi connectivity index (χ0) is 14.3. The first kappa shape index (κ1) is 16.2. The SMILES string of the molecule is CCCC(CC)NCc1ccc(C(=O)OC)cc1Br. The van der Waals surface area contributed by atoms with E-state index in [-0.39, 0.29) is 5.97 Å². The van der Waals surface area contributed by atoms with Gasteiger partial charge in [0.05, 0.1) is 12.7 Å². The zero-order valence-corrected chi connectivity index (χ0v) is 13.4. The van der Waals surface area contributed by atoms with Crippen molar-refractivity contribution in [2.45, 2.75) is 45.7 Å². The standard InChI is InChI=1S/C15H22BrNO2/c1-4-6-13(5-2)17-10-12-8-7-11(9-14(12)16)15(18)19-3/h7-9,13,17H,4-6,10H2,1-3H3. The summed E-state index contributed by atoms with van der Waals surface area (Å²) in [7, 11) is 1.39. The van der Waals surface area contributed by atoms with Crippen molar-refractivity contribution >= 4 is 21.9 Å². The van der Waals surface area contributed by atoms with E-state index in [0.29, 0.717) is 11.6 Å². The van der Waals surface area contributed by atoms with Gasteiger partial charge in [-0.3, -0.25) is 0 Å². The van der Waals surface area contributed by atoms with E-state index in [9.17, 15) is 4.79 Å². The highest BCUT2D eigenvalue weighted by Gasteiger charge is 2.10. The van der Waals surface area contributed by atoms with E-state index in [2.05, 4.69) is 35.1 Å². The van der Waals surface area contributed by atoms with E-state index in [1.807, 2.05) is 12.1 Å². The van der Waals surface area contributed by atoms with Gasteiger partial charge < -0.3 is 10.1 Å². The smallest absolute Gasteiger partial charge is 0.337 e. The van der Waals surface area contributed by atoms with Gasteiger partial charge in [-0.25, -0.2) is 4.79 Å². The Bertz CT molecular complexity index is 421. The molecule has 0 heterocycles. The first-order chi connectivity index (χ1) is 9.12.